The van der Waals surface area contributed by atoms with Crippen molar-refractivity contribution in [1.29, 1.82) is 0 Å². The smallest absolute Gasteiger partial charge is 0.165 e. The van der Waals surface area contributed by atoms with Gasteiger partial charge >= 0.3 is 0 Å². The Hall–Kier alpha value is -3.47. The fourth-order valence-electron chi connectivity index (χ4n) is 4.65. The van der Waals surface area contributed by atoms with Gasteiger partial charge in [0.2, 0.25) is 0 Å². The van der Waals surface area contributed by atoms with Gasteiger partial charge in [0.05, 0.1) is 17.0 Å². The molecular formula is C25H25N5. The molecule has 0 saturated heterocycles. The van der Waals surface area contributed by atoms with Gasteiger partial charge in [-0.2, -0.15) is 9.61 Å². The van der Waals surface area contributed by atoms with Crippen LogP contribution in [0, 0.1) is 34.6 Å². The van der Waals surface area contributed by atoms with Crippen LogP contribution in [0.25, 0.3) is 27.8 Å². The fraction of sp³-hybridized carbons (Fsp3) is 0.240. The quantitative estimate of drug-likeness (QED) is 0.414. The highest BCUT2D eigenvalue weighted by Crippen LogP contribution is 2.35. The molecular weight excluding hydrogens is 370 g/mol. The summed E-state index contributed by atoms with van der Waals surface area (Å²) in [5.74, 6) is 0. The van der Waals surface area contributed by atoms with Crippen molar-refractivity contribution in [3.63, 3.8) is 0 Å². The van der Waals surface area contributed by atoms with Crippen LogP contribution in [0.4, 0.5) is 0 Å². The number of benzene rings is 1. The molecule has 5 aromatic rings. The van der Waals surface area contributed by atoms with E-state index in [0.29, 0.717) is 0 Å². The van der Waals surface area contributed by atoms with E-state index in [1.165, 1.54) is 27.8 Å². The predicted octanol–water partition coefficient (Wildman–Crippen LogP) is 5.34. The van der Waals surface area contributed by atoms with Crippen molar-refractivity contribution in [2.24, 2.45) is 0 Å². The zero-order valence-corrected chi connectivity index (χ0v) is 18.1. The maximum Gasteiger partial charge on any atom is 0.165 e. The molecule has 0 amide bonds. The fourth-order valence-corrected chi connectivity index (χ4v) is 4.65. The molecule has 1 aromatic carbocycles. The van der Waals surface area contributed by atoms with Crippen LogP contribution in [0.5, 0.6) is 0 Å². The number of pyridine rings is 1. The molecule has 5 rings (SSSR count). The lowest BCUT2D eigenvalue weighted by Crippen LogP contribution is -2.04. The van der Waals surface area contributed by atoms with E-state index in [1.807, 2.05) is 16.9 Å². The van der Waals surface area contributed by atoms with Crippen LogP contribution >= 0.6 is 0 Å². The van der Waals surface area contributed by atoms with Crippen molar-refractivity contribution in [3.05, 3.63) is 82.6 Å². The van der Waals surface area contributed by atoms with Crippen molar-refractivity contribution in [1.82, 2.24) is 24.1 Å². The van der Waals surface area contributed by atoms with Gasteiger partial charge in [-0.15, -0.1) is 0 Å². The molecule has 150 valence electrons. The number of nitrogens with zero attached hydrogens (tertiary/aromatic N) is 5. The van der Waals surface area contributed by atoms with E-state index < -0.39 is 0 Å². The van der Waals surface area contributed by atoms with Crippen LogP contribution in [0.3, 0.4) is 0 Å². The van der Waals surface area contributed by atoms with E-state index in [2.05, 4.69) is 80.7 Å². The highest BCUT2D eigenvalue weighted by Gasteiger charge is 2.21. The molecule has 0 saturated carbocycles. The Morgan fingerprint density at radius 2 is 1.53 bits per heavy atom. The van der Waals surface area contributed by atoms with Crippen LogP contribution in [0.1, 0.15) is 33.6 Å². The van der Waals surface area contributed by atoms with Gasteiger partial charge < -0.3 is 4.57 Å². The second kappa shape index (κ2) is 6.80. The Kier molecular flexibility index (Phi) is 4.21. The minimum absolute atomic E-state index is 0.765. The number of hydrogen-bond donors (Lipinski definition) is 0. The van der Waals surface area contributed by atoms with E-state index in [4.69, 9.17) is 10.1 Å². The van der Waals surface area contributed by atoms with Gasteiger partial charge in [0, 0.05) is 30.5 Å². The van der Waals surface area contributed by atoms with Gasteiger partial charge in [-0.05, 0) is 75.1 Å². The van der Waals surface area contributed by atoms with E-state index in [0.717, 1.165) is 40.2 Å². The van der Waals surface area contributed by atoms with Crippen LogP contribution in [-0.4, -0.2) is 24.1 Å². The van der Waals surface area contributed by atoms with E-state index in [1.54, 1.807) is 0 Å². The summed E-state index contributed by atoms with van der Waals surface area (Å²) in [6, 6.07) is 10.7. The minimum Gasteiger partial charge on any atom is -0.328 e. The predicted molar refractivity (Wildman–Crippen MR) is 121 cm³/mol. The first kappa shape index (κ1) is 18.6. The third-order valence-corrected chi connectivity index (χ3v) is 5.86. The molecule has 4 aromatic heterocycles. The Bertz CT molecular complexity index is 1380. The second-order valence-corrected chi connectivity index (χ2v) is 8.20. The topological polar surface area (TPSA) is 48.0 Å². The van der Waals surface area contributed by atoms with E-state index in [-0.39, 0.29) is 0 Å². The lowest BCUT2D eigenvalue weighted by atomic mass is 9.94. The molecule has 0 unspecified atom stereocenters. The molecule has 0 spiro atoms. The monoisotopic (exact) mass is 395 g/mol. The van der Waals surface area contributed by atoms with Gasteiger partial charge in [-0.25, -0.2) is 4.98 Å². The Balaban J connectivity index is 1.81. The minimum atomic E-state index is 0.765. The molecule has 0 fully saturated rings. The first-order chi connectivity index (χ1) is 14.4. The summed E-state index contributed by atoms with van der Waals surface area (Å²) >= 11 is 0. The summed E-state index contributed by atoms with van der Waals surface area (Å²) in [7, 11) is 0. The van der Waals surface area contributed by atoms with Crippen molar-refractivity contribution in [3.8, 4) is 11.1 Å². The summed E-state index contributed by atoms with van der Waals surface area (Å²) < 4.78 is 4.27. The summed E-state index contributed by atoms with van der Waals surface area (Å²) in [5, 5.41) is 6.09. The number of aryl methyl sites for hydroxylation is 5. The molecule has 4 heterocycles. The van der Waals surface area contributed by atoms with Crippen LogP contribution in [0.15, 0.2) is 48.9 Å². The van der Waals surface area contributed by atoms with Crippen molar-refractivity contribution < 1.29 is 0 Å². The van der Waals surface area contributed by atoms with Crippen molar-refractivity contribution in [2.75, 3.05) is 0 Å². The molecule has 0 atom stereocenters. The zero-order valence-electron chi connectivity index (χ0n) is 18.1. The summed E-state index contributed by atoms with van der Waals surface area (Å²) in [6.45, 7) is 11.4. The molecule has 0 aliphatic heterocycles. The molecule has 0 bridgehead atoms. The second-order valence-electron chi connectivity index (χ2n) is 8.20. The molecule has 0 radical (unpaired) electrons. The molecule has 0 N–H and O–H groups in total. The lowest BCUT2D eigenvalue weighted by molar-refractivity contribution is 0.794. The van der Waals surface area contributed by atoms with Gasteiger partial charge in [0.25, 0.3) is 0 Å². The summed E-state index contributed by atoms with van der Waals surface area (Å²) in [6.07, 6.45) is 5.79. The van der Waals surface area contributed by atoms with Gasteiger partial charge in [0.1, 0.15) is 5.65 Å². The Labute approximate surface area is 176 Å². The average Bonchev–Trinajstić information content (AvgIpc) is 3.24. The number of aromatic nitrogens is 5. The average molecular weight is 396 g/mol. The van der Waals surface area contributed by atoms with E-state index >= 15 is 0 Å². The highest BCUT2D eigenvalue weighted by molar-refractivity contribution is 5.89. The zero-order chi connectivity index (χ0) is 21.0. The van der Waals surface area contributed by atoms with Crippen LogP contribution in [0.2, 0.25) is 0 Å². The first-order valence-electron chi connectivity index (χ1n) is 10.3. The SMILES string of the molecule is Cc1cc(C)c(-c2c(C)nn3c2nc(C)c2ccn(Cc4ccncc4)c23)c(C)c1. The van der Waals surface area contributed by atoms with E-state index in [9.17, 15) is 0 Å². The summed E-state index contributed by atoms with van der Waals surface area (Å²) in [5.41, 5.74) is 11.4. The standard InChI is InChI=1S/C25H25N5/c1-15-12-16(2)22(17(3)13-15)23-19(5)28-30-24(23)27-18(4)21-8-11-29(25(21)30)14-20-6-9-26-10-7-20/h6-13H,14H2,1-5H3. The first-order valence-corrected chi connectivity index (χ1v) is 10.3. The summed E-state index contributed by atoms with van der Waals surface area (Å²) in [4.78, 5) is 9.14. The molecule has 5 heteroatoms. The van der Waals surface area contributed by atoms with Crippen LogP contribution < -0.4 is 0 Å². The Morgan fingerprint density at radius 3 is 2.23 bits per heavy atom. The Morgan fingerprint density at radius 1 is 0.833 bits per heavy atom. The largest absolute Gasteiger partial charge is 0.328 e. The number of fused-ring (bicyclic) bond motifs is 3. The van der Waals surface area contributed by atoms with Gasteiger partial charge in [-0.1, -0.05) is 17.7 Å². The third-order valence-electron chi connectivity index (χ3n) is 5.86. The van der Waals surface area contributed by atoms with Gasteiger partial charge in [0.15, 0.2) is 5.65 Å². The number of hydrogen-bond acceptors (Lipinski definition) is 3. The molecule has 30 heavy (non-hydrogen) atoms. The van der Waals surface area contributed by atoms with Crippen LogP contribution in [-0.2, 0) is 6.54 Å². The lowest BCUT2D eigenvalue weighted by Gasteiger charge is -2.12. The third kappa shape index (κ3) is 2.81. The normalized spacial score (nSPS) is 11.6. The molecule has 0 aliphatic carbocycles. The maximum absolute atomic E-state index is 5.00. The van der Waals surface area contributed by atoms with Gasteiger partial charge in [-0.3, -0.25) is 4.98 Å². The number of rotatable bonds is 3. The van der Waals surface area contributed by atoms with Crippen molar-refractivity contribution in [2.45, 2.75) is 41.2 Å². The maximum atomic E-state index is 5.00. The molecule has 5 nitrogen and oxygen atoms in total. The molecule has 0 aliphatic rings. The van der Waals surface area contributed by atoms with Crippen molar-refractivity contribution >= 4 is 16.7 Å². The highest BCUT2D eigenvalue weighted by atomic mass is 15.3.